The molecule has 3 N–H and O–H groups in total. The Bertz CT molecular complexity index is 1140. The number of carbonyl (C=O) groups excluding carboxylic acids is 1. The molecule has 1 aliphatic carbocycles. The molecule has 1 atom stereocenters. The number of nitrogens with two attached hydrogens (primary N) is 1. The van der Waals surface area contributed by atoms with Crippen molar-refractivity contribution in [2.75, 3.05) is 0 Å². The number of hydrogen-bond acceptors (Lipinski definition) is 5. The molecule has 32 heavy (non-hydrogen) atoms. The van der Waals surface area contributed by atoms with Gasteiger partial charge in [-0.1, -0.05) is 18.2 Å². The number of carbonyl (C=O) groups is 1. The summed E-state index contributed by atoms with van der Waals surface area (Å²) >= 11 is 0. The second kappa shape index (κ2) is 8.67. The van der Waals surface area contributed by atoms with E-state index >= 15 is 0 Å². The lowest BCUT2D eigenvalue weighted by Gasteiger charge is -2.24. The number of ether oxygens (including phenoxy) is 1. The van der Waals surface area contributed by atoms with Gasteiger partial charge in [0, 0.05) is 18.2 Å². The molecule has 166 valence electrons. The van der Waals surface area contributed by atoms with Crippen LogP contribution in [0.5, 0.6) is 5.88 Å². The normalized spacial score (nSPS) is 15.2. The minimum atomic E-state index is -0.997. The number of aryl methyl sites for hydroxylation is 1. The second-order valence-electron chi connectivity index (χ2n) is 8.57. The fourth-order valence-corrected chi connectivity index (χ4v) is 3.82. The van der Waals surface area contributed by atoms with Gasteiger partial charge in [-0.05, 0) is 68.0 Å². The first-order valence-corrected chi connectivity index (χ1v) is 10.6. The lowest BCUT2D eigenvalue weighted by atomic mass is 9.91. The number of aliphatic hydroxyl groups is 1. The van der Waals surface area contributed by atoms with E-state index in [1.54, 1.807) is 31.3 Å². The van der Waals surface area contributed by atoms with Crippen molar-refractivity contribution in [1.82, 2.24) is 9.97 Å². The zero-order valence-corrected chi connectivity index (χ0v) is 18.1. The Morgan fingerprint density at radius 3 is 2.59 bits per heavy atom. The van der Waals surface area contributed by atoms with Crippen LogP contribution in [0, 0.1) is 18.7 Å². The van der Waals surface area contributed by atoms with Crippen molar-refractivity contribution in [1.29, 1.82) is 0 Å². The standard InChI is InChI=1S/C25H26FN3O3/c1-15-4-3-11-28-22(15)14-32-24-19(16-5-9-18(26)10-6-16)12-20(23(27)30)21(29-24)13-25(2,31)17-7-8-17/h3-6,9-12,17,31H,7-8,13-14H2,1-2H3,(H2,27,30)/t25-/m1/s1. The molecule has 6 nitrogen and oxygen atoms in total. The zero-order chi connectivity index (χ0) is 22.9. The van der Waals surface area contributed by atoms with Crippen LogP contribution in [0.4, 0.5) is 4.39 Å². The van der Waals surface area contributed by atoms with E-state index in [0.717, 1.165) is 24.1 Å². The molecule has 1 saturated carbocycles. The van der Waals surface area contributed by atoms with Crippen molar-refractivity contribution in [3.05, 3.63) is 77.0 Å². The topological polar surface area (TPSA) is 98.3 Å². The Morgan fingerprint density at radius 2 is 1.97 bits per heavy atom. The van der Waals surface area contributed by atoms with Gasteiger partial charge < -0.3 is 15.6 Å². The number of halogens is 1. The highest BCUT2D eigenvalue weighted by molar-refractivity contribution is 5.95. The lowest BCUT2D eigenvalue weighted by molar-refractivity contribution is 0.0359. The van der Waals surface area contributed by atoms with Crippen LogP contribution in [-0.2, 0) is 13.0 Å². The predicted molar refractivity (Wildman–Crippen MR) is 119 cm³/mol. The van der Waals surface area contributed by atoms with E-state index in [1.807, 2.05) is 19.1 Å². The van der Waals surface area contributed by atoms with Gasteiger partial charge in [0.25, 0.3) is 5.91 Å². The summed E-state index contributed by atoms with van der Waals surface area (Å²) in [4.78, 5) is 21.2. The highest BCUT2D eigenvalue weighted by Crippen LogP contribution is 2.42. The summed E-state index contributed by atoms with van der Waals surface area (Å²) in [5, 5.41) is 10.9. The van der Waals surface area contributed by atoms with Gasteiger partial charge in [0.2, 0.25) is 5.88 Å². The molecular formula is C25H26FN3O3. The Labute approximate surface area is 186 Å². The van der Waals surface area contributed by atoms with Gasteiger partial charge in [-0.15, -0.1) is 0 Å². The van der Waals surface area contributed by atoms with Crippen molar-refractivity contribution in [3.8, 4) is 17.0 Å². The molecule has 0 unspecified atom stereocenters. The van der Waals surface area contributed by atoms with Crippen LogP contribution in [-0.4, -0.2) is 26.6 Å². The van der Waals surface area contributed by atoms with Gasteiger partial charge in [-0.2, -0.15) is 0 Å². The molecule has 1 aliphatic rings. The maximum atomic E-state index is 13.5. The van der Waals surface area contributed by atoms with E-state index in [2.05, 4.69) is 9.97 Å². The van der Waals surface area contributed by atoms with Crippen molar-refractivity contribution in [2.24, 2.45) is 11.7 Å². The quantitative estimate of drug-likeness (QED) is 0.558. The first-order valence-electron chi connectivity index (χ1n) is 10.6. The Hall–Kier alpha value is -3.32. The first-order chi connectivity index (χ1) is 15.2. The fraction of sp³-hybridized carbons (Fsp3) is 0.320. The largest absolute Gasteiger partial charge is 0.471 e. The van der Waals surface area contributed by atoms with Gasteiger partial charge in [0.05, 0.1) is 22.6 Å². The highest BCUT2D eigenvalue weighted by Gasteiger charge is 2.41. The summed E-state index contributed by atoms with van der Waals surface area (Å²) in [5.74, 6) is -0.578. The van der Waals surface area contributed by atoms with Gasteiger partial charge in [0.1, 0.15) is 12.4 Å². The van der Waals surface area contributed by atoms with Crippen LogP contribution in [0.3, 0.4) is 0 Å². The van der Waals surface area contributed by atoms with Crippen LogP contribution in [0.1, 0.15) is 47.1 Å². The summed E-state index contributed by atoms with van der Waals surface area (Å²) in [6, 6.07) is 11.2. The number of hydrogen-bond donors (Lipinski definition) is 2. The first kappa shape index (κ1) is 21.9. The molecule has 0 saturated heterocycles. The monoisotopic (exact) mass is 435 g/mol. The average Bonchev–Trinajstić information content (AvgIpc) is 3.60. The third kappa shape index (κ3) is 4.78. The van der Waals surface area contributed by atoms with E-state index in [-0.39, 0.29) is 36.2 Å². The van der Waals surface area contributed by atoms with E-state index in [9.17, 15) is 14.3 Å². The molecule has 2 aromatic heterocycles. The Morgan fingerprint density at radius 1 is 1.25 bits per heavy atom. The summed E-state index contributed by atoms with van der Waals surface area (Å²) in [5.41, 5.74) is 8.14. The SMILES string of the molecule is Cc1cccnc1COc1nc(C[C@@](C)(O)C2CC2)c(C(N)=O)cc1-c1ccc(F)cc1. The minimum Gasteiger partial charge on any atom is -0.471 e. The number of pyridine rings is 2. The Kier molecular flexibility index (Phi) is 5.93. The number of amides is 1. The third-order valence-corrected chi connectivity index (χ3v) is 5.93. The molecule has 2 heterocycles. The molecule has 1 amide bonds. The predicted octanol–water partition coefficient (Wildman–Crippen LogP) is 3.97. The smallest absolute Gasteiger partial charge is 0.250 e. The molecule has 3 aromatic rings. The molecule has 0 bridgehead atoms. The number of nitrogens with zero attached hydrogens (tertiary/aromatic N) is 2. The van der Waals surface area contributed by atoms with Crippen LogP contribution < -0.4 is 10.5 Å². The summed E-state index contributed by atoms with van der Waals surface area (Å²) in [6.07, 6.45) is 3.75. The molecule has 1 aromatic carbocycles. The fourth-order valence-electron chi connectivity index (χ4n) is 3.82. The maximum absolute atomic E-state index is 13.5. The van der Waals surface area contributed by atoms with Gasteiger partial charge >= 0.3 is 0 Å². The second-order valence-corrected chi connectivity index (χ2v) is 8.57. The molecule has 7 heteroatoms. The Balaban J connectivity index is 1.77. The van der Waals surface area contributed by atoms with Crippen LogP contribution >= 0.6 is 0 Å². The molecule has 0 radical (unpaired) electrons. The molecule has 4 rings (SSSR count). The molecule has 0 spiro atoms. The number of rotatable bonds is 8. The van der Waals surface area contributed by atoms with E-state index in [1.165, 1.54) is 12.1 Å². The van der Waals surface area contributed by atoms with Crippen LogP contribution in [0.2, 0.25) is 0 Å². The third-order valence-electron chi connectivity index (χ3n) is 5.93. The van der Waals surface area contributed by atoms with Crippen molar-refractivity contribution in [3.63, 3.8) is 0 Å². The van der Waals surface area contributed by atoms with Gasteiger partial charge in [0.15, 0.2) is 0 Å². The minimum absolute atomic E-state index is 0.169. The molecular weight excluding hydrogens is 409 g/mol. The molecule has 0 aliphatic heterocycles. The maximum Gasteiger partial charge on any atom is 0.250 e. The van der Waals surface area contributed by atoms with E-state index in [0.29, 0.717) is 16.8 Å². The van der Waals surface area contributed by atoms with Crippen molar-refractivity contribution >= 4 is 5.91 Å². The van der Waals surface area contributed by atoms with Crippen LogP contribution in [0.25, 0.3) is 11.1 Å². The van der Waals surface area contributed by atoms with Crippen molar-refractivity contribution < 1.29 is 19.0 Å². The number of benzene rings is 1. The molecule has 1 fully saturated rings. The lowest BCUT2D eigenvalue weighted by Crippen LogP contribution is -2.32. The number of aromatic nitrogens is 2. The average molecular weight is 435 g/mol. The summed E-state index contributed by atoms with van der Waals surface area (Å²) in [7, 11) is 0. The zero-order valence-electron chi connectivity index (χ0n) is 18.1. The number of primary amides is 1. The van der Waals surface area contributed by atoms with Crippen LogP contribution in [0.15, 0.2) is 48.7 Å². The van der Waals surface area contributed by atoms with E-state index in [4.69, 9.17) is 10.5 Å². The van der Waals surface area contributed by atoms with Gasteiger partial charge in [-0.25, -0.2) is 9.37 Å². The highest BCUT2D eigenvalue weighted by atomic mass is 19.1. The summed E-state index contributed by atoms with van der Waals surface area (Å²) < 4.78 is 19.6. The van der Waals surface area contributed by atoms with E-state index < -0.39 is 11.5 Å². The summed E-state index contributed by atoms with van der Waals surface area (Å²) in [6.45, 7) is 3.86. The van der Waals surface area contributed by atoms with Gasteiger partial charge in [-0.3, -0.25) is 9.78 Å². The van der Waals surface area contributed by atoms with Crippen molar-refractivity contribution in [2.45, 2.75) is 45.3 Å².